The van der Waals surface area contributed by atoms with Crippen LogP contribution in [0.1, 0.15) is 19.3 Å². The van der Waals surface area contributed by atoms with Crippen molar-refractivity contribution >= 4 is 35.3 Å². The van der Waals surface area contributed by atoms with Gasteiger partial charge in [0.25, 0.3) is 5.91 Å². The van der Waals surface area contributed by atoms with Gasteiger partial charge < -0.3 is 25.6 Å². The van der Waals surface area contributed by atoms with Gasteiger partial charge in [-0.2, -0.15) is 0 Å². The number of hydrogen-bond donors (Lipinski definition) is 3. The van der Waals surface area contributed by atoms with Gasteiger partial charge in [0.05, 0.1) is 28.2 Å². The highest BCUT2D eigenvalue weighted by Crippen LogP contribution is 2.48. The number of hydrogen-bond acceptors (Lipinski definition) is 7. The summed E-state index contributed by atoms with van der Waals surface area (Å²) in [5.41, 5.74) is 1.35. The standard InChI is InChI=1S/C28H30N6O4S/c1-2-22(35)33-14-6-7-17(16-33)31-26(36)25-24-23-20(12-13-29-27(23)39-25)34(28(37)32-24)18-10-11-21(30-15-18)38-19-8-4-3-5-9-19/h2-5,8-11,15,17,20,23,27,29H,1,6-7,12-14,16H2,(H,31,36)(H,32,37)/t17-,20?,23?,27?/m1/s1. The summed E-state index contributed by atoms with van der Waals surface area (Å²) in [5, 5.41) is 9.61. The first-order chi connectivity index (χ1) is 19.0. The van der Waals surface area contributed by atoms with Crippen molar-refractivity contribution in [2.45, 2.75) is 36.7 Å². The minimum Gasteiger partial charge on any atom is -0.439 e. The van der Waals surface area contributed by atoms with Crippen molar-refractivity contribution < 1.29 is 19.1 Å². The lowest BCUT2D eigenvalue weighted by molar-refractivity contribution is -0.128. The van der Waals surface area contributed by atoms with Gasteiger partial charge in [-0.3, -0.25) is 14.5 Å². The lowest BCUT2D eigenvalue weighted by Crippen LogP contribution is -2.62. The number of carbonyl (C=O) groups is 3. The molecule has 39 heavy (non-hydrogen) atoms. The van der Waals surface area contributed by atoms with Crippen LogP contribution in [0.25, 0.3) is 0 Å². The number of rotatable bonds is 6. The van der Waals surface area contributed by atoms with Crippen LogP contribution < -0.4 is 25.6 Å². The number of ether oxygens (including phenoxy) is 1. The Hall–Kier alpha value is -3.83. The number of amides is 4. The first-order valence-corrected chi connectivity index (χ1v) is 14.1. The molecule has 4 amide bonds. The molecular formula is C28H30N6O4S. The molecule has 202 valence electrons. The molecule has 2 aromatic rings. The van der Waals surface area contributed by atoms with E-state index in [-0.39, 0.29) is 41.2 Å². The smallest absolute Gasteiger partial charge is 0.326 e. The second kappa shape index (κ2) is 10.7. The minimum absolute atomic E-state index is 0.0264. The Morgan fingerprint density at radius 3 is 2.79 bits per heavy atom. The number of para-hydroxylation sites is 1. The second-order valence-electron chi connectivity index (χ2n) is 9.99. The van der Waals surface area contributed by atoms with Crippen LogP contribution in [0.15, 0.2) is 71.9 Å². The van der Waals surface area contributed by atoms with E-state index >= 15 is 0 Å². The minimum atomic E-state index is -0.279. The Labute approximate surface area is 230 Å². The van der Waals surface area contributed by atoms with Gasteiger partial charge in [-0.25, -0.2) is 9.78 Å². The Kier molecular flexibility index (Phi) is 7.01. The van der Waals surface area contributed by atoms with E-state index < -0.39 is 0 Å². The highest BCUT2D eigenvalue weighted by Gasteiger charge is 2.51. The Morgan fingerprint density at radius 2 is 2.03 bits per heavy atom. The molecule has 0 aliphatic carbocycles. The molecule has 11 heteroatoms. The zero-order valence-corrected chi connectivity index (χ0v) is 22.2. The first-order valence-electron chi connectivity index (χ1n) is 13.2. The lowest BCUT2D eigenvalue weighted by Gasteiger charge is -2.45. The Bertz CT molecular complexity index is 1320. The van der Waals surface area contributed by atoms with E-state index in [1.54, 1.807) is 22.1 Å². The summed E-state index contributed by atoms with van der Waals surface area (Å²) in [5.74, 6) is 0.732. The zero-order valence-electron chi connectivity index (χ0n) is 21.3. The summed E-state index contributed by atoms with van der Waals surface area (Å²) in [4.78, 5) is 47.3. The maximum absolute atomic E-state index is 13.4. The number of thioether (sulfide) groups is 1. The molecule has 3 unspecified atom stereocenters. The maximum Gasteiger partial charge on any atom is 0.326 e. The average Bonchev–Trinajstić information content (AvgIpc) is 3.33. The largest absolute Gasteiger partial charge is 0.439 e. The molecule has 3 fully saturated rings. The highest BCUT2D eigenvalue weighted by molar-refractivity contribution is 8.04. The summed E-state index contributed by atoms with van der Waals surface area (Å²) in [6.45, 7) is 5.41. The molecule has 0 spiro atoms. The molecule has 0 radical (unpaired) electrons. The lowest BCUT2D eigenvalue weighted by atomic mass is 9.86. The fourth-order valence-corrected chi connectivity index (χ4v) is 7.18. The predicted octanol–water partition coefficient (Wildman–Crippen LogP) is 2.96. The van der Waals surface area contributed by atoms with Crippen molar-refractivity contribution in [1.82, 2.24) is 25.8 Å². The predicted molar refractivity (Wildman–Crippen MR) is 148 cm³/mol. The summed E-state index contributed by atoms with van der Waals surface area (Å²) in [6, 6.07) is 12.5. The van der Waals surface area contributed by atoms with E-state index in [2.05, 4.69) is 27.5 Å². The molecule has 6 rings (SSSR count). The van der Waals surface area contributed by atoms with Gasteiger partial charge in [0.15, 0.2) is 0 Å². The fraction of sp³-hybridized carbons (Fsp3) is 0.357. The maximum atomic E-state index is 13.4. The van der Waals surface area contributed by atoms with Gasteiger partial charge in [-0.1, -0.05) is 36.5 Å². The van der Waals surface area contributed by atoms with Crippen LogP contribution >= 0.6 is 11.8 Å². The van der Waals surface area contributed by atoms with Crippen LogP contribution in [0.2, 0.25) is 0 Å². The molecule has 3 N–H and O–H groups in total. The number of piperidine rings is 2. The van der Waals surface area contributed by atoms with E-state index in [0.717, 1.165) is 25.8 Å². The number of aromatic nitrogens is 1. The molecule has 0 bridgehead atoms. The third-order valence-electron chi connectivity index (χ3n) is 7.55. The SMILES string of the molecule is C=CC(=O)N1CCC[C@@H](NC(=O)C2=C3NC(=O)N(c4ccc(Oc5ccccc5)nc4)C4CCNC(S2)C34)C1. The van der Waals surface area contributed by atoms with E-state index in [9.17, 15) is 14.4 Å². The van der Waals surface area contributed by atoms with Crippen LogP contribution in [0.3, 0.4) is 0 Å². The molecule has 5 heterocycles. The van der Waals surface area contributed by atoms with E-state index in [1.165, 1.54) is 17.8 Å². The molecular weight excluding hydrogens is 516 g/mol. The molecule has 10 nitrogen and oxygen atoms in total. The normalized spacial score (nSPS) is 26.0. The topological polar surface area (TPSA) is 116 Å². The van der Waals surface area contributed by atoms with E-state index in [0.29, 0.717) is 41.0 Å². The van der Waals surface area contributed by atoms with Gasteiger partial charge >= 0.3 is 6.03 Å². The number of nitrogens with one attached hydrogen (secondary N) is 3. The van der Waals surface area contributed by atoms with Crippen LogP contribution in [-0.2, 0) is 9.59 Å². The molecule has 3 saturated heterocycles. The molecule has 4 aliphatic rings. The monoisotopic (exact) mass is 546 g/mol. The molecule has 0 saturated carbocycles. The number of likely N-dealkylation sites (tertiary alicyclic amines) is 1. The number of anilines is 1. The summed E-state index contributed by atoms with van der Waals surface area (Å²) >= 11 is 1.47. The number of pyridine rings is 1. The fourth-order valence-electron chi connectivity index (χ4n) is 5.78. The Balaban J connectivity index is 1.19. The average molecular weight is 547 g/mol. The summed E-state index contributed by atoms with van der Waals surface area (Å²) in [6.07, 6.45) is 5.31. The van der Waals surface area contributed by atoms with Gasteiger partial charge in [-0.05, 0) is 50.1 Å². The molecule has 1 aromatic carbocycles. The number of benzene rings is 1. The Morgan fingerprint density at radius 1 is 1.18 bits per heavy atom. The molecule has 4 atom stereocenters. The highest BCUT2D eigenvalue weighted by atomic mass is 32.2. The van der Waals surface area contributed by atoms with Crippen LogP contribution in [0.4, 0.5) is 10.5 Å². The number of urea groups is 1. The van der Waals surface area contributed by atoms with E-state index in [1.807, 2.05) is 36.4 Å². The van der Waals surface area contributed by atoms with Gasteiger partial charge in [0.2, 0.25) is 11.8 Å². The van der Waals surface area contributed by atoms with Crippen LogP contribution in [0, 0.1) is 5.92 Å². The third-order valence-corrected chi connectivity index (χ3v) is 8.91. The summed E-state index contributed by atoms with van der Waals surface area (Å²) in [7, 11) is 0. The van der Waals surface area contributed by atoms with Crippen molar-refractivity contribution in [2.75, 3.05) is 24.5 Å². The van der Waals surface area contributed by atoms with Gasteiger partial charge in [0.1, 0.15) is 5.75 Å². The quantitative estimate of drug-likeness (QED) is 0.477. The van der Waals surface area contributed by atoms with E-state index in [4.69, 9.17) is 4.74 Å². The number of carbonyl (C=O) groups excluding carboxylic acids is 3. The van der Waals surface area contributed by atoms with Crippen molar-refractivity contribution in [1.29, 1.82) is 0 Å². The van der Waals surface area contributed by atoms with Crippen molar-refractivity contribution in [3.63, 3.8) is 0 Å². The van der Waals surface area contributed by atoms with Gasteiger partial charge in [-0.15, -0.1) is 0 Å². The van der Waals surface area contributed by atoms with Crippen LogP contribution in [-0.4, -0.2) is 64.8 Å². The first kappa shape index (κ1) is 25.4. The van der Waals surface area contributed by atoms with Crippen molar-refractivity contribution in [3.05, 3.63) is 71.9 Å². The zero-order chi connectivity index (χ0) is 26.9. The van der Waals surface area contributed by atoms with Gasteiger partial charge in [0, 0.05) is 36.8 Å². The van der Waals surface area contributed by atoms with Crippen molar-refractivity contribution in [3.8, 4) is 11.6 Å². The molecule has 1 aromatic heterocycles. The summed E-state index contributed by atoms with van der Waals surface area (Å²) < 4.78 is 5.81. The van der Waals surface area contributed by atoms with Crippen LogP contribution in [0.5, 0.6) is 11.6 Å². The molecule has 4 aliphatic heterocycles. The second-order valence-corrected chi connectivity index (χ2v) is 11.1. The number of nitrogens with zero attached hydrogens (tertiary/aromatic N) is 3. The van der Waals surface area contributed by atoms with Crippen molar-refractivity contribution in [2.24, 2.45) is 5.92 Å². The third kappa shape index (κ3) is 4.99.